The van der Waals surface area contributed by atoms with E-state index in [1.165, 1.54) is 31.7 Å². The number of hydrogen-bond donors (Lipinski definition) is 4. The lowest BCUT2D eigenvalue weighted by atomic mass is 9.94. The van der Waals surface area contributed by atoms with Crippen LogP contribution >= 0.6 is 11.3 Å². The molecule has 1 aliphatic carbocycles. The topological polar surface area (TPSA) is 119 Å². The molecule has 4 aromatic rings. The summed E-state index contributed by atoms with van der Waals surface area (Å²) in [5.41, 5.74) is 3.93. The Balaban J connectivity index is 1.14. The van der Waals surface area contributed by atoms with Crippen LogP contribution in [0.1, 0.15) is 49.3 Å². The highest BCUT2D eigenvalue weighted by molar-refractivity contribution is 7.16. The summed E-state index contributed by atoms with van der Waals surface area (Å²) in [6.07, 6.45) is 7.63. The summed E-state index contributed by atoms with van der Waals surface area (Å²) >= 11 is 0.989. The molecule has 10 heteroatoms. The van der Waals surface area contributed by atoms with Gasteiger partial charge in [0.1, 0.15) is 16.8 Å². The Morgan fingerprint density at radius 1 is 1.28 bits per heavy atom. The predicted octanol–water partition coefficient (Wildman–Crippen LogP) is 3.33. The second kappa shape index (κ2) is 11.1. The number of nitrogens with one attached hydrogen (secondary N) is 2. The van der Waals surface area contributed by atoms with Crippen molar-refractivity contribution >= 4 is 32.6 Å². The van der Waals surface area contributed by atoms with Gasteiger partial charge >= 0.3 is 4.87 Å². The van der Waals surface area contributed by atoms with Gasteiger partial charge in [0.25, 0.3) is 0 Å². The van der Waals surface area contributed by atoms with Crippen molar-refractivity contribution in [2.45, 2.75) is 57.3 Å². The Labute approximate surface area is 213 Å². The van der Waals surface area contributed by atoms with E-state index in [1.54, 1.807) is 6.07 Å². The van der Waals surface area contributed by atoms with Gasteiger partial charge in [0, 0.05) is 31.2 Å². The molecule has 0 spiro atoms. The first-order chi connectivity index (χ1) is 17.5. The molecule has 0 bridgehead atoms. The molecule has 0 amide bonds. The number of phenolic OH excluding ortho intramolecular Hbond substituents is 1. The number of aliphatic hydroxyl groups is 1. The van der Waals surface area contributed by atoms with E-state index in [2.05, 4.69) is 51.1 Å². The minimum atomic E-state index is -0.811. The average molecular weight is 510 g/mol. The molecule has 9 nitrogen and oxygen atoms in total. The highest BCUT2D eigenvalue weighted by Crippen LogP contribution is 2.31. The van der Waals surface area contributed by atoms with Crippen LogP contribution < -0.4 is 10.2 Å². The van der Waals surface area contributed by atoms with E-state index in [0.717, 1.165) is 47.4 Å². The van der Waals surface area contributed by atoms with Gasteiger partial charge in [-0.3, -0.25) is 4.79 Å². The smallest absolute Gasteiger partial charge is 0.305 e. The third-order valence-electron chi connectivity index (χ3n) is 7.10. The van der Waals surface area contributed by atoms with Crippen molar-refractivity contribution < 1.29 is 10.2 Å². The third kappa shape index (κ3) is 5.46. The van der Waals surface area contributed by atoms with E-state index in [0.29, 0.717) is 34.9 Å². The van der Waals surface area contributed by atoms with Crippen LogP contribution in [0.2, 0.25) is 0 Å². The van der Waals surface area contributed by atoms with E-state index in [1.807, 2.05) is 10.7 Å². The van der Waals surface area contributed by atoms with E-state index < -0.39 is 6.10 Å². The highest BCUT2D eigenvalue weighted by atomic mass is 32.1. The van der Waals surface area contributed by atoms with Crippen molar-refractivity contribution in [3.63, 3.8) is 0 Å². The van der Waals surface area contributed by atoms with Crippen LogP contribution in [-0.4, -0.2) is 61.3 Å². The van der Waals surface area contributed by atoms with Crippen LogP contribution in [0.4, 0.5) is 0 Å². The minimum absolute atomic E-state index is 0.00336. The molecule has 0 aliphatic heterocycles. The molecule has 36 heavy (non-hydrogen) atoms. The quantitative estimate of drug-likeness (QED) is 0.259. The molecule has 191 valence electrons. The highest BCUT2D eigenvalue weighted by Gasteiger charge is 2.18. The van der Waals surface area contributed by atoms with Gasteiger partial charge in [-0.25, -0.2) is 4.68 Å². The number of nitrogens with zero attached hydrogens (tertiary/aromatic N) is 4. The summed E-state index contributed by atoms with van der Waals surface area (Å²) in [6, 6.07) is 9.99. The number of aliphatic hydroxyl groups excluding tert-OH is 1. The maximum atomic E-state index is 11.7. The number of phenols is 1. The van der Waals surface area contributed by atoms with Crippen LogP contribution in [0.15, 0.2) is 35.1 Å². The number of aromatic amines is 1. The van der Waals surface area contributed by atoms with Crippen molar-refractivity contribution in [3.05, 3.63) is 57.5 Å². The minimum Gasteiger partial charge on any atom is -0.506 e. The van der Waals surface area contributed by atoms with E-state index >= 15 is 0 Å². The summed E-state index contributed by atoms with van der Waals surface area (Å²) in [4.78, 5) is 16.6. The molecule has 1 fully saturated rings. The first-order valence-electron chi connectivity index (χ1n) is 12.6. The summed E-state index contributed by atoms with van der Waals surface area (Å²) < 4.78 is 2.56. The van der Waals surface area contributed by atoms with Gasteiger partial charge < -0.3 is 25.4 Å². The van der Waals surface area contributed by atoms with Gasteiger partial charge in [0.2, 0.25) is 0 Å². The fourth-order valence-electron chi connectivity index (χ4n) is 5.06. The number of aromatic hydroxyl groups is 1. The molecule has 4 N–H and O–H groups in total. The van der Waals surface area contributed by atoms with Gasteiger partial charge in [-0.2, -0.15) is 0 Å². The second-order valence-corrected chi connectivity index (χ2v) is 10.6. The largest absolute Gasteiger partial charge is 0.506 e. The molecular weight excluding hydrogens is 476 g/mol. The maximum Gasteiger partial charge on any atom is 0.305 e. The molecule has 1 atom stereocenters. The average Bonchev–Trinajstić information content (AvgIpc) is 3.48. The van der Waals surface area contributed by atoms with Gasteiger partial charge in [0.15, 0.2) is 0 Å². The van der Waals surface area contributed by atoms with Crippen molar-refractivity contribution in [3.8, 4) is 5.75 Å². The van der Waals surface area contributed by atoms with Crippen molar-refractivity contribution in [1.29, 1.82) is 0 Å². The fraction of sp³-hybridized carbons (Fsp3) is 0.462. The fourth-order valence-corrected chi connectivity index (χ4v) is 5.98. The van der Waals surface area contributed by atoms with Crippen molar-refractivity contribution in [1.82, 2.24) is 30.2 Å². The van der Waals surface area contributed by atoms with E-state index in [9.17, 15) is 15.0 Å². The Bertz CT molecular complexity index is 1370. The SMILES string of the molecule is CN(CCCn1nnc2cc(CNC[C@H](O)c3ccc(O)c4[nH]c(=O)sc34)ccc21)C1CC[CH]CC1. The molecule has 1 aliphatic rings. The Morgan fingerprint density at radius 2 is 2.11 bits per heavy atom. The molecule has 2 aromatic carbocycles. The van der Waals surface area contributed by atoms with Gasteiger partial charge in [-0.1, -0.05) is 28.7 Å². The third-order valence-corrected chi connectivity index (χ3v) is 8.04. The first kappa shape index (κ1) is 24.9. The lowest BCUT2D eigenvalue weighted by molar-refractivity contribution is 0.176. The second-order valence-electron chi connectivity index (χ2n) is 9.61. The summed E-state index contributed by atoms with van der Waals surface area (Å²) in [6.45, 7) is 2.77. The Kier molecular flexibility index (Phi) is 7.66. The Morgan fingerprint density at radius 3 is 2.94 bits per heavy atom. The number of rotatable bonds is 10. The summed E-state index contributed by atoms with van der Waals surface area (Å²) in [7, 11) is 2.23. The summed E-state index contributed by atoms with van der Waals surface area (Å²) in [5.74, 6) is 0.00336. The number of H-pyrrole nitrogens is 1. The zero-order chi connectivity index (χ0) is 25.1. The zero-order valence-electron chi connectivity index (χ0n) is 20.5. The van der Waals surface area contributed by atoms with E-state index in [-0.39, 0.29) is 10.6 Å². The molecule has 5 rings (SSSR count). The van der Waals surface area contributed by atoms with Gasteiger partial charge in [0.05, 0.1) is 16.3 Å². The number of benzene rings is 2. The van der Waals surface area contributed by atoms with Crippen LogP contribution in [0.3, 0.4) is 0 Å². The maximum absolute atomic E-state index is 11.7. The molecule has 0 unspecified atom stereocenters. The molecular formula is C26H33N6O3S. The lowest BCUT2D eigenvalue weighted by Crippen LogP contribution is -2.34. The van der Waals surface area contributed by atoms with Gasteiger partial charge in [-0.05, 0) is 75.9 Å². The van der Waals surface area contributed by atoms with Crippen LogP contribution in [-0.2, 0) is 13.1 Å². The first-order valence-corrected chi connectivity index (χ1v) is 13.4. The molecule has 0 saturated heterocycles. The predicted molar refractivity (Wildman–Crippen MR) is 142 cm³/mol. The number of aromatic nitrogens is 4. The van der Waals surface area contributed by atoms with E-state index in [4.69, 9.17) is 0 Å². The zero-order valence-corrected chi connectivity index (χ0v) is 21.3. The monoisotopic (exact) mass is 509 g/mol. The summed E-state index contributed by atoms with van der Waals surface area (Å²) in [5, 5.41) is 32.7. The number of aryl methyl sites for hydroxylation is 1. The van der Waals surface area contributed by atoms with Crippen LogP contribution in [0.5, 0.6) is 5.75 Å². The molecule has 2 heterocycles. The molecule has 1 saturated carbocycles. The van der Waals surface area contributed by atoms with Crippen molar-refractivity contribution in [2.75, 3.05) is 20.1 Å². The number of fused-ring (bicyclic) bond motifs is 2. The van der Waals surface area contributed by atoms with Gasteiger partial charge in [-0.15, -0.1) is 5.10 Å². The molecule has 1 radical (unpaired) electrons. The Hall–Kier alpha value is -2.79. The lowest BCUT2D eigenvalue weighted by Gasteiger charge is -2.31. The van der Waals surface area contributed by atoms with Crippen LogP contribution in [0.25, 0.3) is 21.3 Å². The van der Waals surface area contributed by atoms with Crippen LogP contribution in [0, 0.1) is 6.42 Å². The van der Waals surface area contributed by atoms with Crippen molar-refractivity contribution in [2.24, 2.45) is 0 Å². The number of thiazole rings is 1. The normalized spacial score (nSPS) is 15.9. The standard InChI is InChI=1S/C26H33N6O3S/c1-31(18-6-3-2-4-7-18)12-5-13-32-21-10-8-17(14-20(21)29-30-32)15-27-16-23(34)19-9-11-22(33)24-25(19)36-26(35)28-24/h2,8-11,14,18,23,27,33-34H,3-7,12-13,15-16H2,1H3,(H,28,35)/t23-/m0/s1. The molecule has 2 aromatic heterocycles. The number of hydrogen-bond acceptors (Lipinski definition) is 8.